The lowest BCUT2D eigenvalue weighted by Gasteiger charge is -2.16. The second-order valence-electron chi connectivity index (χ2n) is 3.39. The van der Waals surface area contributed by atoms with E-state index in [4.69, 9.17) is 16.7 Å². The number of rotatable bonds is 5. The number of hydrogen-bond acceptors (Lipinski definition) is 2. The summed E-state index contributed by atoms with van der Waals surface area (Å²) in [5, 5.41) is 12.6. The van der Waals surface area contributed by atoms with Gasteiger partial charge in [-0.1, -0.05) is 18.5 Å². The van der Waals surface area contributed by atoms with Crippen molar-refractivity contribution >= 4 is 11.6 Å². The summed E-state index contributed by atoms with van der Waals surface area (Å²) in [5.74, 6) is -0.380. The minimum Gasteiger partial charge on any atom is -0.394 e. The number of aliphatic hydroxyl groups excluding tert-OH is 1. The molecule has 0 aliphatic carbocycles. The van der Waals surface area contributed by atoms with Crippen LogP contribution in [-0.2, 0) is 0 Å². The van der Waals surface area contributed by atoms with E-state index in [-0.39, 0.29) is 18.5 Å². The molecule has 0 saturated heterocycles. The SMILES string of the molecule is CCCNC(CO)c1cc(F)cc(Cl)c1. The fourth-order valence-corrected chi connectivity index (χ4v) is 1.61. The molecule has 0 spiro atoms. The number of halogens is 2. The first-order valence-corrected chi connectivity index (χ1v) is 5.35. The van der Waals surface area contributed by atoms with Crippen LogP contribution in [0.4, 0.5) is 4.39 Å². The Kier molecular flexibility index (Phi) is 5.02. The molecule has 0 heterocycles. The van der Waals surface area contributed by atoms with Crippen LogP contribution in [0.1, 0.15) is 24.9 Å². The predicted octanol–water partition coefficient (Wildman–Crippen LogP) is 2.51. The van der Waals surface area contributed by atoms with Gasteiger partial charge in [-0.3, -0.25) is 0 Å². The number of hydrogen-bond donors (Lipinski definition) is 2. The summed E-state index contributed by atoms with van der Waals surface area (Å²) < 4.78 is 13.1. The maximum absolute atomic E-state index is 13.1. The molecule has 0 aliphatic rings. The quantitative estimate of drug-likeness (QED) is 0.816. The van der Waals surface area contributed by atoms with E-state index in [2.05, 4.69) is 5.32 Å². The Hall–Kier alpha value is -0.640. The highest BCUT2D eigenvalue weighted by Crippen LogP contribution is 2.19. The van der Waals surface area contributed by atoms with Gasteiger partial charge in [-0.25, -0.2) is 4.39 Å². The van der Waals surface area contributed by atoms with Gasteiger partial charge in [0.25, 0.3) is 0 Å². The van der Waals surface area contributed by atoms with E-state index in [0.29, 0.717) is 10.6 Å². The van der Waals surface area contributed by atoms with Gasteiger partial charge in [0.15, 0.2) is 0 Å². The van der Waals surface area contributed by atoms with Crippen LogP contribution in [0.2, 0.25) is 5.02 Å². The molecule has 15 heavy (non-hydrogen) atoms. The lowest BCUT2D eigenvalue weighted by molar-refractivity contribution is 0.244. The van der Waals surface area contributed by atoms with Crippen molar-refractivity contribution in [3.63, 3.8) is 0 Å². The molecule has 2 N–H and O–H groups in total. The van der Waals surface area contributed by atoms with Crippen LogP contribution in [0, 0.1) is 5.82 Å². The highest BCUT2D eigenvalue weighted by Gasteiger charge is 2.10. The van der Waals surface area contributed by atoms with Gasteiger partial charge < -0.3 is 10.4 Å². The largest absolute Gasteiger partial charge is 0.394 e. The summed E-state index contributed by atoms with van der Waals surface area (Å²) in [7, 11) is 0. The van der Waals surface area contributed by atoms with Gasteiger partial charge in [0.05, 0.1) is 12.6 Å². The van der Waals surface area contributed by atoms with Gasteiger partial charge in [-0.2, -0.15) is 0 Å². The second kappa shape index (κ2) is 6.05. The highest BCUT2D eigenvalue weighted by atomic mass is 35.5. The van der Waals surface area contributed by atoms with Crippen LogP contribution >= 0.6 is 11.6 Å². The van der Waals surface area contributed by atoms with Crippen molar-refractivity contribution in [2.45, 2.75) is 19.4 Å². The molecule has 0 aromatic heterocycles. The first-order valence-electron chi connectivity index (χ1n) is 4.97. The van der Waals surface area contributed by atoms with Gasteiger partial charge >= 0.3 is 0 Å². The third-order valence-electron chi connectivity index (χ3n) is 2.11. The summed E-state index contributed by atoms with van der Waals surface area (Å²) in [6.07, 6.45) is 0.958. The van der Waals surface area contributed by atoms with E-state index in [1.54, 1.807) is 6.07 Å². The van der Waals surface area contributed by atoms with Gasteiger partial charge in [-0.15, -0.1) is 0 Å². The van der Waals surface area contributed by atoms with Crippen molar-refractivity contribution in [1.29, 1.82) is 0 Å². The van der Waals surface area contributed by atoms with Gasteiger partial charge in [-0.05, 0) is 36.7 Å². The van der Waals surface area contributed by atoms with E-state index in [1.807, 2.05) is 6.92 Å². The Balaban J connectivity index is 2.81. The molecule has 0 fully saturated rings. The zero-order valence-electron chi connectivity index (χ0n) is 8.63. The summed E-state index contributed by atoms with van der Waals surface area (Å²) in [5.41, 5.74) is 0.677. The van der Waals surface area contributed by atoms with Gasteiger partial charge in [0, 0.05) is 5.02 Å². The highest BCUT2D eigenvalue weighted by molar-refractivity contribution is 6.30. The second-order valence-corrected chi connectivity index (χ2v) is 3.83. The minimum absolute atomic E-state index is 0.0697. The average molecular weight is 232 g/mol. The molecular weight excluding hydrogens is 217 g/mol. The van der Waals surface area contributed by atoms with Crippen LogP contribution in [0.15, 0.2) is 18.2 Å². The molecule has 84 valence electrons. The molecule has 1 unspecified atom stereocenters. The van der Waals surface area contributed by atoms with Gasteiger partial charge in [0.2, 0.25) is 0 Å². The lowest BCUT2D eigenvalue weighted by atomic mass is 10.1. The number of nitrogens with one attached hydrogen (secondary N) is 1. The maximum atomic E-state index is 13.1. The van der Waals surface area contributed by atoms with Gasteiger partial charge in [0.1, 0.15) is 5.82 Å². The van der Waals surface area contributed by atoms with Crippen molar-refractivity contribution in [2.24, 2.45) is 0 Å². The number of benzene rings is 1. The zero-order chi connectivity index (χ0) is 11.3. The Morgan fingerprint density at radius 3 is 2.73 bits per heavy atom. The molecule has 1 aromatic carbocycles. The summed E-state index contributed by atoms with van der Waals surface area (Å²) in [6.45, 7) is 2.74. The standard InChI is InChI=1S/C11H15ClFNO/c1-2-3-14-11(7-15)8-4-9(12)6-10(13)5-8/h4-6,11,14-15H,2-3,7H2,1H3. The molecule has 0 saturated carbocycles. The Morgan fingerprint density at radius 1 is 1.47 bits per heavy atom. The van der Waals surface area contributed by atoms with Crippen LogP contribution in [0.5, 0.6) is 0 Å². The molecule has 0 aliphatic heterocycles. The van der Waals surface area contributed by atoms with Crippen molar-refractivity contribution in [2.75, 3.05) is 13.2 Å². The third kappa shape index (κ3) is 3.78. The van der Waals surface area contributed by atoms with E-state index in [0.717, 1.165) is 13.0 Å². The Morgan fingerprint density at radius 2 is 2.20 bits per heavy atom. The van der Waals surface area contributed by atoms with Crippen LogP contribution in [-0.4, -0.2) is 18.3 Å². The fraction of sp³-hybridized carbons (Fsp3) is 0.455. The molecule has 0 bridgehead atoms. The van der Waals surface area contributed by atoms with Crippen LogP contribution < -0.4 is 5.32 Å². The molecule has 1 atom stereocenters. The Bertz CT molecular complexity index is 299. The van der Waals surface area contributed by atoms with E-state index in [1.165, 1.54) is 12.1 Å². The first-order chi connectivity index (χ1) is 7.17. The molecule has 1 aromatic rings. The van der Waals surface area contributed by atoms with Crippen LogP contribution in [0.3, 0.4) is 0 Å². The molecule has 0 amide bonds. The molecule has 4 heteroatoms. The molecular formula is C11H15ClFNO. The van der Waals surface area contributed by atoms with E-state index < -0.39 is 0 Å². The maximum Gasteiger partial charge on any atom is 0.125 e. The molecule has 1 rings (SSSR count). The van der Waals surface area contributed by atoms with Crippen molar-refractivity contribution < 1.29 is 9.50 Å². The lowest BCUT2D eigenvalue weighted by Crippen LogP contribution is -2.25. The normalized spacial score (nSPS) is 12.8. The van der Waals surface area contributed by atoms with E-state index >= 15 is 0 Å². The first kappa shape index (κ1) is 12.4. The predicted molar refractivity (Wildman–Crippen MR) is 59.5 cm³/mol. The third-order valence-corrected chi connectivity index (χ3v) is 2.33. The van der Waals surface area contributed by atoms with Crippen molar-refractivity contribution in [1.82, 2.24) is 5.32 Å². The minimum atomic E-state index is -0.380. The Labute approximate surface area is 94.1 Å². The smallest absolute Gasteiger partial charge is 0.125 e. The summed E-state index contributed by atoms with van der Waals surface area (Å²) >= 11 is 5.74. The van der Waals surface area contributed by atoms with Crippen molar-refractivity contribution in [3.05, 3.63) is 34.6 Å². The molecule has 0 radical (unpaired) electrons. The summed E-state index contributed by atoms with van der Waals surface area (Å²) in [6, 6.07) is 4.04. The topological polar surface area (TPSA) is 32.3 Å². The van der Waals surface area contributed by atoms with Crippen LogP contribution in [0.25, 0.3) is 0 Å². The monoisotopic (exact) mass is 231 g/mol. The van der Waals surface area contributed by atoms with Crippen molar-refractivity contribution in [3.8, 4) is 0 Å². The fourth-order valence-electron chi connectivity index (χ4n) is 1.38. The molecule has 2 nitrogen and oxygen atoms in total. The van der Waals surface area contributed by atoms with E-state index in [9.17, 15) is 4.39 Å². The average Bonchev–Trinajstić information content (AvgIpc) is 2.17. The summed E-state index contributed by atoms with van der Waals surface area (Å²) in [4.78, 5) is 0. The zero-order valence-corrected chi connectivity index (χ0v) is 9.39. The number of aliphatic hydroxyl groups is 1.